The van der Waals surface area contributed by atoms with Gasteiger partial charge in [-0.15, -0.1) is 0 Å². The van der Waals surface area contributed by atoms with Crippen molar-refractivity contribution < 1.29 is 9.53 Å². The van der Waals surface area contributed by atoms with Gasteiger partial charge in [0.05, 0.1) is 11.6 Å². The van der Waals surface area contributed by atoms with Gasteiger partial charge in [0.15, 0.2) is 6.61 Å². The molecule has 1 heterocycles. The van der Waals surface area contributed by atoms with E-state index in [1.165, 1.54) is 4.90 Å². The van der Waals surface area contributed by atoms with Crippen LogP contribution in [0.1, 0.15) is 0 Å². The molecule has 1 aromatic rings. The minimum Gasteiger partial charge on any atom is -0.482 e. The van der Waals surface area contributed by atoms with Gasteiger partial charge in [0.25, 0.3) is 5.91 Å². The van der Waals surface area contributed by atoms with E-state index in [0.29, 0.717) is 23.0 Å². The van der Waals surface area contributed by atoms with Crippen molar-refractivity contribution in [3.05, 3.63) is 18.2 Å². The summed E-state index contributed by atoms with van der Waals surface area (Å²) in [5.74, 6) is 0.907. The predicted molar refractivity (Wildman–Crippen MR) is 57.7 cm³/mol. The van der Waals surface area contributed by atoms with E-state index in [0.717, 1.165) is 0 Å². The van der Waals surface area contributed by atoms with Crippen molar-refractivity contribution >= 4 is 29.9 Å². The van der Waals surface area contributed by atoms with Crippen molar-refractivity contribution in [1.29, 1.82) is 0 Å². The molecule has 1 aliphatic rings. The number of ether oxygens (including phenoxy) is 1. The van der Waals surface area contributed by atoms with Crippen LogP contribution in [0.2, 0.25) is 0 Å². The van der Waals surface area contributed by atoms with Crippen LogP contribution in [0.5, 0.6) is 5.75 Å². The number of nitrogens with two attached hydrogens (primary N) is 1. The molecule has 5 heteroatoms. The van der Waals surface area contributed by atoms with Crippen LogP contribution in [0.3, 0.4) is 0 Å². The molecule has 0 aromatic heterocycles. The van der Waals surface area contributed by atoms with E-state index in [4.69, 9.17) is 10.5 Å². The molecule has 14 heavy (non-hydrogen) atoms. The number of thiol groups is 1. The molecule has 2 N–H and O–H groups in total. The SMILES string of the molecule is Nc1ccc2c(c1)N(CS)C(=O)CO2. The summed E-state index contributed by atoms with van der Waals surface area (Å²) in [4.78, 5) is 13.0. The highest BCUT2D eigenvalue weighted by Crippen LogP contribution is 2.33. The van der Waals surface area contributed by atoms with Gasteiger partial charge in [-0.25, -0.2) is 0 Å². The lowest BCUT2D eigenvalue weighted by Gasteiger charge is -2.27. The Morgan fingerprint density at radius 1 is 1.57 bits per heavy atom. The van der Waals surface area contributed by atoms with Crippen LogP contribution in [-0.2, 0) is 4.79 Å². The maximum atomic E-state index is 11.4. The molecule has 0 saturated heterocycles. The highest BCUT2D eigenvalue weighted by Gasteiger charge is 2.24. The second-order valence-electron chi connectivity index (χ2n) is 2.98. The van der Waals surface area contributed by atoms with Gasteiger partial charge < -0.3 is 10.5 Å². The van der Waals surface area contributed by atoms with Gasteiger partial charge in [-0.1, -0.05) is 0 Å². The lowest BCUT2D eigenvalue weighted by Crippen LogP contribution is -2.37. The molecular weight excluding hydrogens is 200 g/mol. The Labute approximate surface area is 87.1 Å². The third kappa shape index (κ3) is 1.39. The first-order valence-electron chi connectivity index (χ1n) is 4.16. The molecule has 0 atom stereocenters. The average molecular weight is 210 g/mol. The van der Waals surface area contributed by atoms with E-state index in [2.05, 4.69) is 12.6 Å². The van der Waals surface area contributed by atoms with Gasteiger partial charge in [0.2, 0.25) is 0 Å². The number of anilines is 2. The van der Waals surface area contributed by atoms with Crippen LogP contribution >= 0.6 is 12.6 Å². The molecule has 2 rings (SSSR count). The molecular formula is C9H10N2O2S. The van der Waals surface area contributed by atoms with Crippen molar-refractivity contribution in [3.63, 3.8) is 0 Å². The van der Waals surface area contributed by atoms with Gasteiger partial charge >= 0.3 is 0 Å². The molecule has 0 fully saturated rings. The van der Waals surface area contributed by atoms with Crippen LogP contribution in [0.4, 0.5) is 11.4 Å². The lowest BCUT2D eigenvalue weighted by molar-refractivity contribution is -0.121. The smallest absolute Gasteiger partial charge is 0.265 e. The Balaban J connectivity index is 2.49. The highest BCUT2D eigenvalue weighted by molar-refractivity contribution is 7.80. The third-order valence-electron chi connectivity index (χ3n) is 2.07. The van der Waals surface area contributed by atoms with E-state index in [1.807, 2.05) is 0 Å². The maximum absolute atomic E-state index is 11.4. The van der Waals surface area contributed by atoms with Crippen LogP contribution in [-0.4, -0.2) is 18.4 Å². The summed E-state index contributed by atoms with van der Waals surface area (Å²) in [6, 6.07) is 5.21. The van der Waals surface area contributed by atoms with Crippen molar-refractivity contribution in [2.45, 2.75) is 0 Å². The minimum atomic E-state index is -0.0990. The van der Waals surface area contributed by atoms with E-state index in [-0.39, 0.29) is 12.5 Å². The number of carbonyl (C=O) groups is 1. The standard InChI is InChI=1S/C9H10N2O2S/c10-6-1-2-8-7(3-6)11(5-14)9(12)4-13-8/h1-3,14H,4-5,10H2. The van der Waals surface area contributed by atoms with Crippen molar-refractivity contribution in [2.75, 3.05) is 23.1 Å². The average Bonchev–Trinajstić information content (AvgIpc) is 2.17. The van der Waals surface area contributed by atoms with Gasteiger partial charge in [-0.3, -0.25) is 9.69 Å². The van der Waals surface area contributed by atoms with Crippen LogP contribution in [0.15, 0.2) is 18.2 Å². The summed E-state index contributed by atoms with van der Waals surface area (Å²) < 4.78 is 5.24. The van der Waals surface area contributed by atoms with Crippen molar-refractivity contribution in [1.82, 2.24) is 0 Å². The maximum Gasteiger partial charge on any atom is 0.265 e. The number of nitrogens with zero attached hydrogens (tertiary/aromatic N) is 1. The summed E-state index contributed by atoms with van der Waals surface area (Å²) in [7, 11) is 0. The molecule has 0 unspecified atom stereocenters. The predicted octanol–water partition coefficient (Wildman–Crippen LogP) is 0.882. The fourth-order valence-electron chi connectivity index (χ4n) is 1.37. The zero-order chi connectivity index (χ0) is 10.1. The third-order valence-corrected chi connectivity index (χ3v) is 2.35. The summed E-state index contributed by atoms with van der Waals surface area (Å²) in [6.07, 6.45) is 0. The quantitative estimate of drug-likeness (QED) is 0.534. The minimum absolute atomic E-state index is 0.0669. The number of rotatable bonds is 1. The second-order valence-corrected chi connectivity index (χ2v) is 3.26. The molecule has 4 nitrogen and oxygen atoms in total. The number of hydrogen-bond acceptors (Lipinski definition) is 4. The van der Waals surface area contributed by atoms with E-state index in [9.17, 15) is 4.79 Å². The number of fused-ring (bicyclic) bond motifs is 1. The first-order valence-corrected chi connectivity index (χ1v) is 4.79. The summed E-state index contributed by atoms with van der Waals surface area (Å²) in [5, 5.41) is 0. The fraction of sp³-hybridized carbons (Fsp3) is 0.222. The monoisotopic (exact) mass is 210 g/mol. The summed E-state index contributed by atoms with van der Waals surface area (Å²) in [5.41, 5.74) is 6.92. The van der Waals surface area contributed by atoms with Crippen LogP contribution in [0.25, 0.3) is 0 Å². The highest BCUT2D eigenvalue weighted by atomic mass is 32.1. The second kappa shape index (κ2) is 3.42. The molecule has 0 spiro atoms. The Kier molecular flexibility index (Phi) is 2.25. The largest absolute Gasteiger partial charge is 0.482 e. The lowest BCUT2D eigenvalue weighted by atomic mass is 10.2. The van der Waals surface area contributed by atoms with Gasteiger partial charge in [-0.2, -0.15) is 12.6 Å². The summed E-state index contributed by atoms with van der Waals surface area (Å²) in [6.45, 7) is 0.0669. The molecule has 1 amide bonds. The van der Waals surface area contributed by atoms with E-state index >= 15 is 0 Å². The zero-order valence-corrected chi connectivity index (χ0v) is 8.33. The van der Waals surface area contributed by atoms with Gasteiger partial charge in [0, 0.05) is 5.69 Å². The topological polar surface area (TPSA) is 55.6 Å². The molecule has 0 saturated carbocycles. The number of benzene rings is 1. The number of amides is 1. The Morgan fingerprint density at radius 2 is 2.36 bits per heavy atom. The molecule has 74 valence electrons. The van der Waals surface area contributed by atoms with E-state index in [1.54, 1.807) is 18.2 Å². The Bertz CT molecular complexity index is 381. The van der Waals surface area contributed by atoms with E-state index < -0.39 is 0 Å². The fourth-order valence-corrected chi connectivity index (χ4v) is 1.68. The van der Waals surface area contributed by atoms with Gasteiger partial charge in [0.1, 0.15) is 5.75 Å². The normalized spacial score (nSPS) is 14.9. The Hall–Kier alpha value is -1.36. The Morgan fingerprint density at radius 3 is 3.07 bits per heavy atom. The van der Waals surface area contributed by atoms with Crippen molar-refractivity contribution in [3.8, 4) is 5.75 Å². The molecule has 0 radical (unpaired) electrons. The molecule has 1 aliphatic heterocycles. The van der Waals surface area contributed by atoms with Crippen LogP contribution < -0.4 is 15.4 Å². The van der Waals surface area contributed by atoms with Gasteiger partial charge in [-0.05, 0) is 18.2 Å². The van der Waals surface area contributed by atoms with Crippen LogP contribution in [0, 0.1) is 0 Å². The summed E-state index contributed by atoms with van der Waals surface area (Å²) >= 11 is 4.09. The zero-order valence-electron chi connectivity index (χ0n) is 7.43. The number of nitrogen functional groups attached to an aromatic ring is 1. The molecule has 0 aliphatic carbocycles. The first-order chi connectivity index (χ1) is 6.72. The number of hydrogen-bond donors (Lipinski definition) is 2. The molecule has 0 bridgehead atoms. The molecule has 1 aromatic carbocycles. The number of carbonyl (C=O) groups excluding carboxylic acids is 1. The first kappa shape index (κ1) is 9.21. The van der Waals surface area contributed by atoms with Crippen molar-refractivity contribution in [2.24, 2.45) is 0 Å².